The summed E-state index contributed by atoms with van der Waals surface area (Å²) in [5.41, 5.74) is 0. The summed E-state index contributed by atoms with van der Waals surface area (Å²) >= 11 is 0. The minimum absolute atomic E-state index is 0.0792. The Bertz CT molecular complexity index is 969. The number of piperazine rings is 1. The zero-order valence-corrected chi connectivity index (χ0v) is 20.3. The van der Waals surface area contributed by atoms with Crippen LogP contribution in [0.4, 0.5) is 0 Å². The van der Waals surface area contributed by atoms with Gasteiger partial charge in [0, 0.05) is 64.8 Å². The summed E-state index contributed by atoms with van der Waals surface area (Å²) in [5.74, 6) is -0.133. The predicted molar refractivity (Wildman–Crippen MR) is 119 cm³/mol. The van der Waals surface area contributed by atoms with Gasteiger partial charge in [-0.2, -0.15) is 8.61 Å². The molecule has 3 fully saturated rings. The summed E-state index contributed by atoms with van der Waals surface area (Å²) in [6.45, 7) is 7.33. The van der Waals surface area contributed by atoms with Crippen LogP contribution in [0.25, 0.3) is 0 Å². The van der Waals surface area contributed by atoms with Gasteiger partial charge in [0.05, 0.1) is 0 Å². The number of rotatable bonds is 7. The average Bonchev–Trinajstić information content (AvgIpc) is 3.55. The van der Waals surface area contributed by atoms with Crippen molar-refractivity contribution in [3.05, 3.63) is 12.4 Å². The van der Waals surface area contributed by atoms with Crippen molar-refractivity contribution in [3.63, 3.8) is 0 Å². The van der Waals surface area contributed by atoms with Crippen LogP contribution in [0.5, 0.6) is 0 Å². The minimum atomic E-state index is -3.96. The van der Waals surface area contributed by atoms with Crippen LogP contribution in [0.3, 0.4) is 0 Å². The molecule has 0 N–H and O–H groups in total. The van der Waals surface area contributed by atoms with Crippen LogP contribution in [0, 0.1) is 0 Å². The largest absolute Gasteiger partial charge is 0.342 e. The van der Waals surface area contributed by atoms with E-state index in [2.05, 4.69) is 11.8 Å². The van der Waals surface area contributed by atoms with Crippen molar-refractivity contribution in [2.75, 3.05) is 58.9 Å². The summed E-state index contributed by atoms with van der Waals surface area (Å²) in [6.07, 6.45) is 5.70. The topological polar surface area (TPSA) is 103 Å². The normalized spacial score (nSPS) is 22.1. The van der Waals surface area contributed by atoms with Gasteiger partial charge in [0.2, 0.25) is 26.0 Å². The molecule has 3 saturated heterocycles. The molecule has 3 aliphatic rings. The number of nitrogens with zero attached hydrogens (tertiary/aromatic N) is 5. The Morgan fingerprint density at radius 1 is 0.750 bits per heavy atom. The fourth-order valence-electron chi connectivity index (χ4n) is 4.65. The van der Waals surface area contributed by atoms with Crippen molar-refractivity contribution in [1.29, 1.82) is 0 Å². The van der Waals surface area contributed by atoms with Crippen molar-refractivity contribution >= 4 is 26.0 Å². The third kappa shape index (κ3) is 4.60. The Morgan fingerprint density at radius 3 is 1.59 bits per heavy atom. The van der Waals surface area contributed by atoms with Crippen LogP contribution in [0.1, 0.15) is 32.6 Å². The molecule has 0 saturated carbocycles. The molecule has 1 aromatic rings. The molecule has 0 aliphatic carbocycles. The Balaban J connectivity index is 1.63. The monoisotopic (exact) mass is 487 g/mol. The summed E-state index contributed by atoms with van der Waals surface area (Å²) in [7, 11) is -7.91. The number of hydrogen-bond acceptors (Lipinski definition) is 6. The van der Waals surface area contributed by atoms with Crippen LogP contribution in [0.15, 0.2) is 22.2 Å². The van der Waals surface area contributed by atoms with Gasteiger partial charge in [-0.15, -0.1) is 0 Å². The van der Waals surface area contributed by atoms with Crippen molar-refractivity contribution < 1.29 is 21.6 Å². The molecule has 0 aromatic carbocycles. The van der Waals surface area contributed by atoms with Gasteiger partial charge in [-0.25, -0.2) is 16.8 Å². The number of carbonyl (C=O) groups is 1. The van der Waals surface area contributed by atoms with Crippen molar-refractivity contribution in [2.24, 2.45) is 0 Å². The fourth-order valence-corrected chi connectivity index (χ4v) is 8.47. The van der Waals surface area contributed by atoms with Gasteiger partial charge in [-0.05, 0) is 32.2 Å². The molecule has 3 aliphatic heterocycles. The van der Waals surface area contributed by atoms with Gasteiger partial charge in [0.25, 0.3) is 0 Å². The quantitative estimate of drug-likeness (QED) is 0.545. The second-order valence-electron chi connectivity index (χ2n) is 8.70. The molecule has 0 atom stereocenters. The first-order valence-electron chi connectivity index (χ1n) is 11.4. The Labute approximate surface area is 190 Å². The molecule has 10 nitrogen and oxygen atoms in total. The van der Waals surface area contributed by atoms with E-state index < -0.39 is 20.0 Å². The highest BCUT2D eigenvalue weighted by atomic mass is 32.2. The molecule has 0 spiro atoms. The summed E-state index contributed by atoms with van der Waals surface area (Å²) < 4.78 is 57.4. The highest BCUT2D eigenvalue weighted by Crippen LogP contribution is 2.31. The third-order valence-electron chi connectivity index (χ3n) is 6.66. The average molecular weight is 488 g/mol. The first-order chi connectivity index (χ1) is 15.2. The second kappa shape index (κ2) is 9.41. The lowest BCUT2D eigenvalue weighted by molar-refractivity contribution is -0.133. The maximum atomic E-state index is 13.3. The number of carbonyl (C=O) groups excluding carboxylic acids is 1. The molecule has 0 radical (unpaired) electrons. The number of hydrogen-bond donors (Lipinski definition) is 0. The summed E-state index contributed by atoms with van der Waals surface area (Å²) in [6, 6.07) is 0. The van der Waals surface area contributed by atoms with E-state index in [-0.39, 0.29) is 22.2 Å². The lowest BCUT2D eigenvalue weighted by atomic mass is 10.3. The van der Waals surface area contributed by atoms with Gasteiger partial charge in [-0.3, -0.25) is 4.79 Å². The molecule has 1 aromatic heterocycles. The van der Waals surface area contributed by atoms with Gasteiger partial charge < -0.3 is 14.4 Å². The molecule has 180 valence electrons. The van der Waals surface area contributed by atoms with E-state index in [0.29, 0.717) is 39.3 Å². The van der Waals surface area contributed by atoms with Crippen LogP contribution >= 0.6 is 0 Å². The lowest BCUT2D eigenvalue weighted by Crippen LogP contribution is -2.49. The zero-order chi connectivity index (χ0) is 22.9. The Morgan fingerprint density at radius 2 is 1.19 bits per heavy atom. The number of likely N-dealkylation sites (N-methyl/N-ethyl adjacent to an activating group) is 1. The zero-order valence-electron chi connectivity index (χ0n) is 18.6. The van der Waals surface area contributed by atoms with Crippen LogP contribution < -0.4 is 0 Å². The maximum absolute atomic E-state index is 13.3. The Hall–Kier alpha value is -1.47. The van der Waals surface area contributed by atoms with Gasteiger partial charge in [-0.1, -0.05) is 6.92 Å². The maximum Gasteiger partial charge on any atom is 0.245 e. The molecule has 4 rings (SSSR count). The van der Waals surface area contributed by atoms with Crippen molar-refractivity contribution in [1.82, 2.24) is 23.0 Å². The molecule has 1 amide bonds. The van der Waals surface area contributed by atoms with Gasteiger partial charge in [0.15, 0.2) is 0 Å². The van der Waals surface area contributed by atoms with E-state index >= 15 is 0 Å². The third-order valence-corrected chi connectivity index (χ3v) is 10.6. The van der Waals surface area contributed by atoms with E-state index in [9.17, 15) is 21.6 Å². The van der Waals surface area contributed by atoms with E-state index in [1.807, 2.05) is 0 Å². The highest BCUT2D eigenvalue weighted by Gasteiger charge is 2.38. The molecular formula is C20H33N5O5S2. The number of amides is 1. The van der Waals surface area contributed by atoms with E-state index in [1.54, 1.807) is 4.90 Å². The lowest BCUT2D eigenvalue weighted by Gasteiger charge is -2.34. The second-order valence-corrected chi connectivity index (χ2v) is 12.5. The smallest absolute Gasteiger partial charge is 0.245 e. The van der Waals surface area contributed by atoms with Crippen LogP contribution in [-0.4, -0.2) is 105 Å². The van der Waals surface area contributed by atoms with E-state index in [4.69, 9.17) is 0 Å². The molecule has 0 bridgehead atoms. The fraction of sp³-hybridized carbons (Fsp3) is 0.750. The molecule has 4 heterocycles. The number of sulfonamides is 2. The molecule has 0 unspecified atom stereocenters. The minimum Gasteiger partial charge on any atom is -0.342 e. The first kappa shape index (κ1) is 23.7. The SMILES string of the molecule is CCN1CCN(C(=O)Cn2cc(S(=O)(=O)N3CCCC3)c(S(=O)(=O)N3CCCC3)c2)CC1. The van der Waals surface area contributed by atoms with E-state index in [0.717, 1.165) is 45.3 Å². The predicted octanol–water partition coefficient (Wildman–Crippen LogP) is 0.221. The number of aromatic nitrogens is 1. The van der Waals surface area contributed by atoms with Crippen LogP contribution in [0.2, 0.25) is 0 Å². The van der Waals surface area contributed by atoms with Crippen molar-refractivity contribution in [2.45, 2.75) is 48.9 Å². The van der Waals surface area contributed by atoms with Gasteiger partial charge in [0.1, 0.15) is 16.3 Å². The highest BCUT2D eigenvalue weighted by molar-refractivity contribution is 7.92. The Kier molecular flexibility index (Phi) is 6.97. The van der Waals surface area contributed by atoms with Gasteiger partial charge >= 0.3 is 0 Å². The molecular weight excluding hydrogens is 454 g/mol. The summed E-state index contributed by atoms with van der Waals surface area (Å²) in [5, 5.41) is 0. The molecule has 32 heavy (non-hydrogen) atoms. The molecule has 12 heteroatoms. The summed E-state index contributed by atoms with van der Waals surface area (Å²) in [4.78, 5) is 16.5. The standard InChI is InChI=1S/C20H33N5O5S2/c1-2-21-11-13-23(14-12-21)20(26)17-22-15-18(31(27,28)24-7-3-4-8-24)19(16-22)32(29,30)25-9-5-6-10-25/h15-16H,2-14,17H2,1H3. The van der Waals surface area contributed by atoms with Crippen LogP contribution in [-0.2, 0) is 31.4 Å². The first-order valence-corrected chi connectivity index (χ1v) is 14.3. The van der Waals surface area contributed by atoms with Crippen molar-refractivity contribution in [3.8, 4) is 0 Å². The van der Waals surface area contributed by atoms with E-state index in [1.165, 1.54) is 25.6 Å².